The molecule has 1 atom stereocenters. The molecule has 0 saturated heterocycles. The third-order valence-corrected chi connectivity index (χ3v) is 4.64. The van der Waals surface area contributed by atoms with E-state index in [1.54, 1.807) is 12.4 Å². The number of hydrogen-bond donors (Lipinski definition) is 1. The van der Waals surface area contributed by atoms with Crippen molar-refractivity contribution in [3.8, 4) is 11.4 Å². The lowest BCUT2D eigenvalue weighted by atomic mass is 10.0. The van der Waals surface area contributed by atoms with Crippen molar-refractivity contribution in [3.63, 3.8) is 0 Å². The number of carbonyl (C=O) groups excluding carboxylic acids is 1. The first kappa shape index (κ1) is 20.7. The SMILES string of the molecule is CC(C)Cc1ccc(CC(=O)NC(c2nc(-c3cccnc3)no2)C(C)C)cc1. The number of nitrogens with one attached hydrogen (secondary N) is 1. The Balaban J connectivity index is 1.66. The maximum atomic E-state index is 12.6. The molecule has 6 heteroatoms. The van der Waals surface area contributed by atoms with Crippen molar-refractivity contribution in [2.24, 2.45) is 11.8 Å². The first-order valence-electron chi connectivity index (χ1n) is 10.0. The third kappa shape index (κ3) is 5.73. The van der Waals surface area contributed by atoms with Gasteiger partial charge in [-0.15, -0.1) is 0 Å². The first-order valence-corrected chi connectivity index (χ1v) is 10.0. The van der Waals surface area contributed by atoms with Crippen LogP contribution in [0.3, 0.4) is 0 Å². The van der Waals surface area contributed by atoms with Gasteiger partial charge in [0.25, 0.3) is 0 Å². The molecule has 0 aliphatic rings. The van der Waals surface area contributed by atoms with E-state index in [2.05, 4.69) is 46.4 Å². The molecule has 29 heavy (non-hydrogen) atoms. The monoisotopic (exact) mass is 392 g/mol. The van der Waals surface area contributed by atoms with Crippen LogP contribution in [0.4, 0.5) is 0 Å². The summed E-state index contributed by atoms with van der Waals surface area (Å²) >= 11 is 0. The van der Waals surface area contributed by atoms with E-state index < -0.39 is 0 Å². The largest absolute Gasteiger partial charge is 0.344 e. The summed E-state index contributed by atoms with van der Waals surface area (Å²) in [7, 11) is 0. The number of nitrogens with zero attached hydrogens (tertiary/aromatic N) is 3. The van der Waals surface area contributed by atoms with E-state index in [0.717, 1.165) is 17.5 Å². The molecule has 6 nitrogen and oxygen atoms in total. The molecule has 1 aromatic carbocycles. The van der Waals surface area contributed by atoms with Gasteiger partial charge in [-0.3, -0.25) is 9.78 Å². The van der Waals surface area contributed by atoms with Crippen LogP contribution in [0.15, 0.2) is 53.3 Å². The van der Waals surface area contributed by atoms with Crippen molar-refractivity contribution in [1.82, 2.24) is 20.4 Å². The van der Waals surface area contributed by atoms with Crippen LogP contribution >= 0.6 is 0 Å². The maximum Gasteiger partial charge on any atom is 0.249 e. The second-order valence-corrected chi connectivity index (χ2v) is 8.08. The van der Waals surface area contributed by atoms with E-state index in [-0.39, 0.29) is 17.9 Å². The molecule has 0 aliphatic heterocycles. The minimum absolute atomic E-state index is 0.0681. The van der Waals surface area contributed by atoms with Gasteiger partial charge in [0, 0.05) is 18.0 Å². The van der Waals surface area contributed by atoms with Gasteiger partial charge >= 0.3 is 0 Å². The molecule has 0 spiro atoms. The highest BCUT2D eigenvalue weighted by Crippen LogP contribution is 2.23. The Labute approximate surface area is 171 Å². The number of pyridine rings is 1. The summed E-state index contributed by atoms with van der Waals surface area (Å²) < 4.78 is 5.44. The van der Waals surface area contributed by atoms with Crippen molar-refractivity contribution in [2.45, 2.75) is 46.6 Å². The summed E-state index contributed by atoms with van der Waals surface area (Å²) in [5, 5.41) is 7.08. The van der Waals surface area contributed by atoms with Gasteiger partial charge in [0.1, 0.15) is 6.04 Å². The van der Waals surface area contributed by atoms with Gasteiger partial charge in [0.05, 0.1) is 6.42 Å². The minimum atomic E-state index is -0.347. The Morgan fingerprint density at radius 2 is 1.79 bits per heavy atom. The zero-order chi connectivity index (χ0) is 20.8. The fourth-order valence-electron chi connectivity index (χ4n) is 3.16. The predicted octanol–water partition coefficient (Wildman–Crippen LogP) is 4.39. The maximum absolute atomic E-state index is 12.6. The standard InChI is InChI=1S/C23H28N4O2/c1-15(2)12-17-7-9-18(10-8-17)13-20(28)25-21(16(3)4)23-26-22(27-29-23)19-6-5-11-24-14-19/h5-11,14-16,21H,12-13H2,1-4H3,(H,25,28). The highest BCUT2D eigenvalue weighted by atomic mass is 16.5. The molecule has 1 N–H and O–H groups in total. The van der Waals surface area contributed by atoms with E-state index in [0.29, 0.717) is 24.1 Å². The van der Waals surface area contributed by atoms with Crippen LogP contribution in [0.5, 0.6) is 0 Å². The average molecular weight is 393 g/mol. The fraction of sp³-hybridized carbons (Fsp3) is 0.391. The van der Waals surface area contributed by atoms with Gasteiger partial charge in [0.15, 0.2) is 0 Å². The zero-order valence-corrected chi connectivity index (χ0v) is 17.4. The molecule has 152 valence electrons. The molecule has 0 radical (unpaired) electrons. The second kappa shape index (κ2) is 9.45. The summed E-state index contributed by atoms with van der Waals surface area (Å²) in [4.78, 5) is 21.2. The van der Waals surface area contributed by atoms with E-state index in [4.69, 9.17) is 4.52 Å². The number of hydrogen-bond acceptors (Lipinski definition) is 5. The highest BCUT2D eigenvalue weighted by molar-refractivity contribution is 5.79. The molecule has 0 saturated carbocycles. The second-order valence-electron chi connectivity index (χ2n) is 8.08. The summed E-state index contributed by atoms with van der Waals surface area (Å²) in [5.74, 6) is 1.52. The molecular formula is C23H28N4O2. The molecular weight excluding hydrogens is 364 g/mol. The molecule has 3 aromatic rings. The highest BCUT2D eigenvalue weighted by Gasteiger charge is 2.25. The first-order chi connectivity index (χ1) is 13.9. The number of amides is 1. The van der Waals surface area contributed by atoms with E-state index >= 15 is 0 Å². The van der Waals surface area contributed by atoms with E-state index in [1.165, 1.54) is 5.56 Å². The summed E-state index contributed by atoms with van der Waals surface area (Å²) in [6, 6.07) is 11.6. The number of rotatable bonds is 8. The van der Waals surface area contributed by atoms with Crippen molar-refractivity contribution < 1.29 is 9.32 Å². The Morgan fingerprint density at radius 3 is 2.41 bits per heavy atom. The molecule has 0 fully saturated rings. The molecule has 3 rings (SSSR count). The molecule has 1 unspecified atom stereocenters. The zero-order valence-electron chi connectivity index (χ0n) is 17.4. The van der Waals surface area contributed by atoms with Gasteiger partial charge in [-0.2, -0.15) is 4.98 Å². The van der Waals surface area contributed by atoms with Crippen LogP contribution < -0.4 is 5.32 Å². The Hall–Kier alpha value is -3.02. The van der Waals surface area contributed by atoms with Gasteiger partial charge in [-0.25, -0.2) is 0 Å². The van der Waals surface area contributed by atoms with E-state index in [1.807, 2.05) is 38.1 Å². The van der Waals surface area contributed by atoms with Crippen LogP contribution in [0.25, 0.3) is 11.4 Å². The van der Waals surface area contributed by atoms with Crippen molar-refractivity contribution in [3.05, 3.63) is 65.8 Å². The molecule has 0 aliphatic carbocycles. The minimum Gasteiger partial charge on any atom is -0.344 e. The Morgan fingerprint density at radius 1 is 1.07 bits per heavy atom. The van der Waals surface area contributed by atoms with Crippen molar-refractivity contribution in [2.75, 3.05) is 0 Å². The summed E-state index contributed by atoms with van der Waals surface area (Å²) in [6.45, 7) is 8.43. The topological polar surface area (TPSA) is 80.9 Å². The molecule has 1 amide bonds. The van der Waals surface area contributed by atoms with Gasteiger partial charge in [-0.05, 0) is 41.5 Å². The van der Waals surface area contributed by atoms with Gasteiger partial charge < -0.3 is 9.84 Å². The van der Waals surface area contributed by atoms with Crippen LogP contribution in [0, 0.1) is 11.8 Å². The quantitative estimate of drug-likeness (QED) is 0.615. The number of carbonyl (C=O) groups is 1. The van der Waals surface area contributed by atoms with Gasteiger partial charge in [0.2, 0.25) is 17.6 Å². The molecule has 2 heterocycles. The lowest BCUT2D eigenvalue weighted by molar-refractivity contribution is -0.121. The Kier molecular flexibility index (Phi) is 6.75. The normalized spacial score (nSPS) is 12.3. The lowest BCUT2D eigenvalue weighted by Crippen LogP contribution is -2.33. The lowest BCUT2D eigenvalue weighted by Gasteiger charge is -2.18. The number of aromatic nitrogens is 3. The van der Waals surface area contributed by atoms with Crippen molar-refractivity contribution >= 4 is 5.91 Å². The van der Waals surface area contributed by atoms with Crippen LogP contribution in [0.2, 0.25) is 0 Å². The van der Waals surface area contributed by atoms with Crippen LogP contribution in [0.1, 0.15) is 50.8 Å². The average Bonchev–Trinajstić information content (AvgIpc) is 3.17. The fourth-order valence-corrected chi connectivity index (χ4v) is 3.16. The predicted molar refractivity (Wildman–Crippen MR) is 112 cm³/mol. The summed E-state index contributed by atoms with van der Waals surface area (Å²) in [5.41, 5.74) is 3.05. The van der Waals surface area contributed by atoms with Gasteiger partial charge in [-0.1, -0.05) is 57.1 Å². The van der Waals surface area contributed by atoms with Crippen LogP contribution in [-0.4, -0.2) is 21.0 Å². The smallest absolute Gasteiger partial charge is 0.249 e. The summed E-state index contributed by atoms with van der Waals surface area (Å²) in [6.07, 6.45) is 4.73. The number of benzene rings is 1. The Bertz CT molecular complexity index is 918. The van der Waals surface area contributed by atoms with E-state index in [9.17, 15) is 4.79 Å². The molecule has 0 bridgehead atoms. The van der Waals surface area contributed by atoms with Crippen LogP contribution in [-0.2, 0) is 17.6 Å². The third-order valence-electron chi connectivity index (χ3n) is 4.64. The van der Waals surface area contributed by atoms with Crippen molar-refractivity contribution in [1.29, 1.82) is 0 Å². The molecule has 2 aromatic heterocycles.